The van der Waals surface area contributed by atoms with Gasteiger partial charge in [-0.1, -0.05) is 109 Å². The Labute approximate surface area is 278 Å². The van der Waals surface area contributed by atoms with E-state index in [-0.39, 0.29) is 0 Å². The van der Waals surface area contributed by atoms with E-state index in [4.69, 9.17) is 0 Å². The third-order valence-electron chi connectivity index (χ3n) is 10.2. The number of nitrogens with zero attached hydrogens (tertiary/aromatic N) is 1. The van der Waals surface area contributed by atoms with Gasteiger partial charge in [-0.05, 0) is 138 Å². The minimum atomic E-state index is 1.10. The smallest absolute Gasteiger partial charge is 0.0547 e. The van der Waals surface area contributed by atoms with Crippen LogP contribution in [-0.2, 0) is 0 Å². The maximum atomic E-state index is 2.43. The normalized spacial score (nSPS) is 13.2. The minimum absolute atomic E-state index is 1.10. The van der Waals surface area contributed by atoms with Crippen molar-refractivity contribution >= 4 is 27.4 Å². The van der Waals surface area contributed by atoms with Crippen molar-refractivity contribution in [1.82, 2.24) is 4.57 Å². The van der Waals surface area contributed by atoms with Crippen LogP contribution in [0, 0.1) is 20.8 Å². The summed E-state index contributed by atoms with van der Waals surface area (Å²) in [5.41, 5.74) is 19.5. The molecule has 0 amide bonds. The van der Waals surface area contributed by atoms with E-state index in [2.05, 4.69) is 172 Å². The van der Waals surface area contributed by atoms with Crippen LogP contribution in [0.25, 0.3) is 66.4 Å². The van der Waals surface area contributed by atoms with Crippen LogP contribution in [0.3, 0.4) is 0 Å². The van der Waals surface area contributed by atoms with Gasteiger partial charge in [0.2, 0.25) is 0 Å². The lowest BCUT2D eigenvalue weighted by molar-refractivity contribution is 1.03. The van der Waals surface area contributed by atoms with Crippen LogP contribution in [0.4, 0.5) is 0 Å². The van der Waals surface area contributed by atoms with Gasteiger partial charge in [0.05, 0.1) is 11.0 Å². The van der Waals surface area contributed by atoms with Crippen molar-refractivity contribution in [2.75, 3.05) is 0 Å². The molecule has 0 radical (unpaired) electrons. The van der Waals surface area contributed by atoms with Gasteiger partial charge >= 0.3 is 0 Å². The molecular formula is C46H39N. The second kappa shape index (κ2) is 11.8. The molecule has 1 heteroatoms. The van der Waals surface area contributed by atoms with Gasteiger partial charge in [0.15, 0.2) is 0 Å². The van der Waals surface area contributed by atoms with E-state index in [9.17, 15) is 0 Å². The van der Waals surface area contributed by atoms with Gasteiger partial charge in [-0.2, -0.15) is 0 Å². The molecule has 7 aromatic rings. The summed E-state index contributed by atoms with van der Waals surface area (Å²) in [6.07, 6.45) is 6.78. The first kappa shape index (κ1) is 29.0. The Kier molecular flexibility index (Phi) is 7.26. The molecule has 228 valence electrons. The molecule has 8 rings (SSSR count). The highest BCUT2D eigenvalue weighted by atomic mass is 15.0. The molecule has 0 bridgehead atoms. The third kappa shape index (κ3) is 4.95. The molecule has 6 aromatic carbocycles. The van der Waals surface area contributed by atoms with E-state index in [0.717, 1.165) is 12.8 Å². The number of benzene rings is 6. The lowest BCUT2D eigenvalue weighted by Crippen LogP contribution is -1.97. The first-order valence-corrected chi connectivity index (χ1v) is 16.8. The van der Waals surface area contributed by atoms with Crippen molar-refractivity contribution in [2.24, 2.45) is 0 Å². The van der Waals surface area contributed by atoms with Gasteiger partial charge in [-0.3, -0.25) is 0 Å². The van der Waals surface area contributed by atoms with Crippen LogP contribution in [0.15, 0.2) is 145 Å². The standard InChI is InChI=1S/C46H39N/c1-30-14-8-10-18-37(30)39-26-24-34(28-32(39)3)42-22-13-23-45-46(42)43-29-35(25-27-44(43)47(45)36-16-6-5-7-17-36)40-20-12-21-41(33(40)4)38-19-11-9-15-31(38)2/h5-10,12-18,20-29H,11,19H2,1-4H3. The number of aromatic nitrogens is 1. The fourth-order valence-electron chi connectivity index (χ4n) is 7.75. The second-order valence-corrected chi connectivity index (χ2v) is 13.0. The number of allylic oxidation sites excluding steroid dienone is 4. The summed E-state index contributed by atoms with van der Waals surface area (Å²) >= 11 is 0. The molecule has 0 saturated carbocycles. The first-order chi connectivity index (χ1) is 23.0. The predicted molar refractivity (Wildman–Crippen MR) is 202 cm³/mol. The number of para-hydroxylation sites is 1. The monoisotopic (exact) mass is 605 g/mol. The summed E-state index contributed by atoms with van der Waals surface area (Å²) in [5, 5.41) is 2.57. The van der Waals surface area contributed by atoms with Crippen LogP contribution >= 0.6 is 0 Å². The van der Waals surface area contributed by atoms with Gasteiger partial charge in [-0.15, -0.1) is 0 Å². The Hall–Kier alpha value is -5.40. The van der Waals surface area contributed by atoms with Crippen molar-refractivity contribution < 1.29 is 0 Å². The van der Waals surface area contributed by atoms with Crippen molar-refractivity contribution in [1.29, 1.82) is 0 Å². The fourth-order valence-corrected chi connectivity index (χ4v) is 7.75. The molecule has 0 aliphatic heterocycles. The average Bonchev–Trinajstić information content (AvgIpc) is 3.43. The van der Waals surface area contributed by atoms with E-state index < -0.39 is 0 Å². The highest BCUT2D eigenvalue weighted by molar-refractivity contribution is 6.16. The quantitative estimate of drug-likeness (QED) is 0.184. The van der Waals surface area contributed by atoms with Gasteiger partial charge in [0.1, 0.15) is 0 Å². The molecule has 0 spiro atoms. The number of hydrogen-bond acceptors (Lipinski definition) is 0. The molecule has 1 aliphatic rings. The number of aryl methyl sites for hydroxylation is 2. The lowest BCUT2D eigenvalue weighted by atomic mass is 9.86. The SMILES string of the molecule is CC1=C(c2cccc(-c3ccc4c(c3)c3c(-c5ccc(-c6ccccc6C)c(C)c5)cccc3n4-c3ccccc3)c2C)CCC=C1. The van der Waals surface area contributed by atoms with Gasteiger partial charge in [-0.25, -0.2) is 0 Å². The Morgan fingerprint density at radius 3 is 2.00 bits per heavy atom. The highest BCUT2D eigenvalue weighted by Gasteiger charge is 2.19. The third-order valence-corrected chi connectivity index (χ3v) is 10.2. The summed E-state index contributed by atoms with van der Waals surface area (Å²) in [6, 6.07) is 47.1. The van der Waals surface area contributed by atoms with Crippen LogP contribution in [-0.4, -0.2) is 4.57 Å². The fraction of sp³-hybridized carbons (Fsp3) is 0.130. The van der Waals surface area contributed by atoms with Crippen LogP contribution < -0.4 is 0 Å². The molecule has 0 fully saturated rings. The molecule has 1 heterocycles. The van der Waals surface area contributed by atoms with Crippen LogP contribution in [0.2, 0.25) is 0 Å². The molecular weight excluding hydrogens is 567 g/mol. The summed E-state index contributed by atoms with van der Waals surface area (Å²) < 4.78 is 2.43. The van der Waals surface area contributed by atoms with Gasteiger partial charge in [0.25, 0.3) is 0 Å². The van der Waals surface area contributed by atoms with Crippen LogP contribution in [0.1, 0.15) is 42.0 Å². The maximum Gasteiger partial charge on any atom is 0.0547 e. The van der Waals surface area contributed by atoms with Crippen molar-refractivity contribution in [3.63, 3.8) is 0 Å². The number of fused-ring (bicyclic) bond motifs is 3. The van der Waals surface area contributed by atoms with Crippen molar-refractivity contribution in [2.45, 2.75) is 40.5 Å². The molecule has 1 aliphatic carbocycles. The highest BCUT2D eigenvalue weighted by Crippen LogP contribution is 2.42. The van der Waals surface area contributed by atoms with E-state index in [1.165, 1.54) is 94.3 Å². The summed E-state index contributed by atoms with van der Waals surface area (Å²) in [5.74, 6) is 0. The van der Waals surface area contributed by atoms with Crippen molar-refractivity contribution in [3.05, 3.63) is 167 Å². The van der Waals surface area contributed by atoms with E-state index in [1.807, 2.05) is 0 Å². The Balaban J connectivity index is 1.36. The zero-order chi connectivity index (χ0) is 32.1. The minimum Gasteiger partial charge on any atom is -0.309 e. The van der Waals surface area contributed by atoms with E-state index in [0.29, 0.717) is 0 Å². The van der Waals surface area contributed by atoms with Crippen LogP contribution in [0.5, 0.6) is 0 Å². The molecule has 1 aromatic heterocycles. The zero-order valence-corrected chi connectivity index (χ0v) is 27.6. The van der Waals surface area contributed by atoms with Crippen molar-refractivity contribution in [3.8, 4) is 39.1 Å². The Morgan fingerprint density at radius 1 is 0.511 bits per heavy atom. The number of rotatable bonds is 5. The first-order valence-electron chi connectivity index (χ1n) is 16.8. The molecule has 1 nitrogen and oxygen atoms in total. The Bertz CT molecular complexity index is 2380. The van der Waals surface area contributed by atoms with E-state index in [1.54, 1.807) is 0 Å². The zero-order valence-electron chi connectivity index (χ0n) is 27.6. The maximum absolute atomic E-state index is 2.43. The molecule has 0 atom stereocenters. The number of hydrogen-bond donors (Lipinski definition) is 0. The lowest BCUT2D eigenvalue weighted by Gasteiger charge is -2.18. The average molecular weight is 606 g/mol. The van der Waals surface area contributed by atoms with E-state index >= 15 is 0 Å². The predicted octanol–water partition coefficient (Wildman–Crippen LogP) is 12.8. The topological polar surface area (TPSA) is 4.93 Å². The summed E-state index contributed by atoms with van der Waals surface area (Å²) in [6.45, 7) is 8.98. The van der Waals surface area contributed by atoms with Gasteiger partial charge in [0, 0.05) is 16.5 Å². The second-order valence-electron chi connectivity index (χ2n) is 13.0. The molecule has 0 N–H and O–H groups in total. The summed E-state index contributed by atoms with van der Waals surface area (Å²) in [4.78, 5) is 0. The molecule has 0 unspecified atom stereocenters. The van der Waals surface area contributed by atoms with Gasteiger partial charge < -0.3 is 4.57 Å². The molecule has 0 saturated heterocycles. The summed E-state index contributed by atoms with van der Waals surface area (Å²) in [7, 11) is 0. The largest absolute Gasteiger partial charge is 0.309 e. The Morgan fingerprint density at radius 2 is 1.19 bits per heavy atom. The molecule has 47 heavy (non-hydrogen) atoms.